The van der Waals surface area contributed by atoms with Gasteiger partial charge in [0.2, 0.25) is 11.3 Å². The highest BCUT2D eigenvalue weighted by atomic mass is 32.2. The maximum absolute atomic E-state index is 13.9. The van der Waals surface area contributed by atoms with Gasteiger partial charge >= 0.3 is 10.3 Å². The molecule has 6 atom stereocenters. The summed E-state index contributed by atoms with van der Waals surface area (Å²) in [5, 5.41) is 5.08. The molecule has 2 N–H and O–H groups in total. The number of nitrogens with zero attached hydrogens (tertiary/aromatic N) is 1. The number of aryl methyl sites for hydroxylation is 1. The van der Waals surface area contributed by atoms with E-state index >= 15 is 0 Å². The summed E-state index contributed by atoms with van der Waals surface area (Å²) < 4.78 is 50.1. The molecule has 218 valence electrons. The van der Waals surface area contributed by atoms with Crippen LogP contribution in [0.1, 0.15) is 67.2 Å². The van der Waals surface area contributed by atoms with Crippen molar-refractivity contribution in [2.45, 2.75) is 70.6 Å². The number of fused-ring (bicyclic) bond motifs is 5. The third-order valence-corrected chi connectivity index (χ3v) is 11.1. The normalized spacial score (nSPS) is 28.0. The molecule has 3 aliphatic rings. The first-order valence-electron chi connectivity index (χ1n) is 14.5. The van der Waals surface area contributed by atoms with E-state index in [-0.39, 0.29) is 17.3 Å². The van der Waals surface area contributed by atoms with Gasteiger partial charge in [0.15, 0.2) is 0 Å². The maximum Gasteiger partial charge on any atom is 0.380 e. The predicted octanol–water partition coefficient (Wildman–Crippen LogP) is 5.79. The van der Waals surface area contributed by atoms with Crippen molar-refractivity contribution in [3.8, 4) is 5.75 Å². The third-order valence-electron chi connectivity index (χ3n) is 9.64. The molecule has 0 spiro atoms. The quantitative estimate of drug-likeness (QED) is 0.338. The summed E-state index contributed by atoms with van der Waals surface area (Å²) in [6, 6.07) is 25.9. The van der Waals surface area contributed by atoms with Gasteiger partial charge in [0.25, 0.3) is 0 Å². The van der Waals surface area contributed by atoms with Gasteiger partial charge in [-0.1, -0.05) is 73.7 Å². The highest BCUT2D eigenvalue weighted by Crippen LogP contribution is 2.61. The van der Waals surface area contributed by atoms with Crippen LogP contribution in [-0.2, 0) is 45.3 Å². The lowest BCUT2D eigenvalue weighted by Crippen LogP contribution is -2.45. The maximum atomic E-state index is 13.9. The van der Waals surface area contributed by atoms with E-state index in [4.69, 9.17) is 13.5 Å². The highest BCUT2D eigenvalue weighted by molar-refractivity contribution is 7.84. The predicted molar refractivity (Wildman–Crippen MR) is 160 cm³/mol. The average molecular weight is 595 g/mol. The van der Waals surface area contributed by atoms with Crippen molar-refractivity contribution < 1.29 is 21.0 Å². The molecule has 0 radical (unpaired) electrons. The fourth-order valence-electron chi connectivity index (χ4n) is 7.75. The monoisotopic (exact) mass is 594 g/mol. The van der Waals surface area contributed by atoms with Crippen molar-refractivity contribution in [1.29, 1.82) is 0 Å². The van der Waals surface area contributed by atoms with Crippen LogP contribution in [-0.4, -0.2) is 23.0 Å². The van der Waals surface area contributed by atoms with Crippen molar-refractivity contribution in [3.05, 3.63) is 101 Å². The zero-order valence-electron chi connectivity index (χ0n) is 23.4. The second kappa shape index (κ2) is 11.6. The Morgan fingerprint density at radius 2 is 1.59 bits per heavy atom. The molecule has 0 aliphatic heterocycles. The van der Waals surface area contributed by atoms with Gasteiger partial charge in [0, 0.05) is 13.1 Å². The SMILES string of the molecule is CC12CCC3c4ccc(OS(N)(=O)=O)cc4CCC3C1CCC2OS(=O)N(Cc1ccccc1)Cc1ccccc1. The minimum Gasteiger partial charge on any atom is -0.371 e. The minimum atomic E-state index is -4.05. The van der Waals surface area contributed by atoms with Gasteiger partial charge in [0.05, 0.1) is 6.10 Å². The van der Waals surface area contributed by atoms with Gasteiger partial charge in [-0.3, -0.25) is 4.18 Å². The molecule has 9 heteroatoms. The summed E-state index contributed by atoms with van der Waals surface area (Å²) in [5.41, 5.74) is 4.64. The van der Waals surface area contributed by atoms with Crippen LogP contribution in [0.4, 0.5) is 0 Å². The second-order valence-corrected chi connectivity index (χ2v) is 14.3. The fraction of sp³-hybridized carbons (Fsp3) is 0.438. The molecular formula is C32H38N2O5S2. The lowest BCUT2D eigenvalue weighted by atomic mass is 9.55. The molecule has 0 heterocycles. The summed E-state index contributed by atoms with van der Waals surface area (Å²) >= 11 is -1.59. The van der Waals surface area contributed by atoms with Crippen molar-refractivity contribution in [1.82, 2.24) is 4.31 Å². The lowest BCUT2D eigenvalue weighted by molar-refractivity contribution is -0.00804. The molecule has 3 aromatic rings. The molecular weight excluding hydrogens is 556 g/mol. The minimum absolute atomic E-state index is 0.0316. The zero-order valence-corrected chi connectivity index (χ0v) is 25.0. The summed E-state index contributed by atoms with van der Waals surface area (Å²) in [7, 11) is -4.05. The lowest BCUT2D eigenvalue weighted by Gasteiger charge is -2.50. The Labute approximate surface area is 246 Å². The van der Waals surface area contributed by atoms with E-state index in [1.807, 2.05) is 52.8 Å². The first-order chi connectivity index (χ1) is 19.7. The molecule has 2 saturated carbocycles. The van der Waals surface area contributed by atoms with Crippen LogP contribution < -0.4 is 9.32 Å². The van der Waals surface area contributed by atoms with Gasteiger partial charge in [-0.25, -0.2) is 4.21 Å². The van der Waals surface area contributed by atoms with Crippen molar-refractivity contribution >= 4 is 21.6 Å². The number of hydrogen-bond acceptors (Lipinski definition) is 5. The Hall–Kier alpha value is -2.56. The van der Waals surface area contributed by atoms with Crippen LogP contribution in [0.25, 0.3) is 0 Å². The van der Waals surface area contributed by atoms with Gasteiger partial charge in [-0.2, -0.15) is 17.9 Å². The van der Waals surface area contributed by atoms with E-state index in [1.165, 1.54) is 5.56 Å². The Morgan fingerprint density at radius 3 is 2.22 bits per heavy atom. The van der Waals surface area contributed by atoms with Crippen LogP contribution >= 0.6 is 0 Å². The summed E-state index contributed by atoms with van der Waals surface area (Å²) in [5.74, 6) is 1.72. The van der Waals surface area contributed by atoms with Gasteiger partial charge < -0.3 is 4.18 Å². The van der Waals surface area contributed by atoms with Crippen LogP contribution in [0.15, 0.2) is 78.9 Å². The second-order valence-electron chi connectivity index (χ2n) is 12.0. The first-order valence-corrected chi connectivity index (χ1v) is 17.0. The van der Waals surface area contributed by atoms with Crippen molar-refractivity contribution in [3.63, 3.8) is 0 Å². The smallest absolute Gasteiger partial charge is 0.371 e. The van der Waals surface area contributed by atoms with Crippen LogP contribution in [0.3, 0.4) is 0 Å². The molecule has 3 aliphatic carbocycles. The largest absolute Gasteiger partial charge is 0.380 e. The topological polar surface area (TPSA) is 98.9 Å². The molecule has 0 amide bonds. The first kappa shape index (κ1) is 28.6. The summed E-state index contributed by atoms with van der Waals surface area (Å²) in [6.07, 6.45) is 5.88. The van der Waals surface area contributed by atoms with E-state index in [2.05, 4.69) is 31.2 Å². The molecule has 0 saturated heterocycles. The number of nitrogens with two attached hydrogens (primary N) is 1. The molecule has 2 fully saturated rings. The summed E-state index contributed by atoms with van der Waals surface area (Å²) in [6.45, 7) is 3.45. The van der Waals surface area contributed by atoms with Crippen molar-refractivity contribution in [2.24, 2.45) is 22.4 Å². The number of hydrogen-bond donors (Lipinski definition) is 1. The zero-order chi connectivity index (χ0) is 28.6. The molecule has 6 unspecified atom stereocenters. The molecule has 0 aromatic heterocycles. The van der Waals surface area contributed by atoms with Gasteiger partial charge in [0.1, 0.15) is 5.75 Å². The standard InChI is InChI=1S/C32H38N2O5S2/c1-32-19-18-28-27-15-13-26(39-41(33,36)37)20-25(27)12-14-29(28)30(32)16-17-31(32)38-40(35)34(21-23-8-4-2-5-9-23)22-24-10-6-3-7-11-24/h2-11,13,15,20,28-31H,12,14,16-19,21-22H2,1H3,(H2,33,36,37). The fourth-order valence-corrected chi connectivity index (χ4v) is 9.27. The summed E-state index contributed by atoms with van der Waals surface area (Å²) in [4.78, 5) is 0. The number of rotatable bonds is 9. The van der Waals surface area contributed by atoms with Gasteiger partial charge in [-0.05, 0) is 96.1 Å². The van der Waals surface area contributed by atoms with E-state index in [9.17, 15) is 12.6 Å². The van der Waals surface area contributed by atoms with E-state index in [0.29, 0.717) is 30.8 Å². The molecule has 6 rings (SSSR count). The molecule has 7 nitrogen and oxygen atoms in total. The van der Waals surface area contributed by atoms with Crippen molar-refractivity contribution in [2.75, 3.05) is 0 Å². The third kappa shape index (κ3) is 6.15. The van der Waals surface area contributed by atoms with E-state index in [0.717, 1.165) is 55.2 Å². The average Bonchev–Trinajstić information content (AvgIpc) is 3.28. The van der Waals surface area contributed by atoms with Crippen LogP contribution in [0, 0.1) is 17.3 Å². The molecule has 41 heavy (non-hydrogen) atoms. The van der Waals surface area contributed by atoms with Crippen LogP contribution in [0.5, 0.6) is 5.75 Å². The Balaban J connectivity index is 1.17. The van der Waals surface area contributed by atoms with Crippen LogP contribution in [0.2, 0.25) is 0 Å². The molecule has 0 bridgehead atoms. The van der Waals surface area contributed by atoms with E-state index < -0.39 is 21.6 Å². The Morgan fingerprint density at radius 1 is 0.927 bits per heavy atom. The highest BCUT2D eigenvalue weighted by Gasteiger charge is 2.56. The van der Waals surface area contributed by atoms with E-state index in [1.54, 1.807) is 6.07 Å². The molecule has 3 aromatic carbocycles. The number of benzene rings is 3. The Bertz CT molecular complexity index is 1460. The van der Waals surface area contributed by atoms with Gasteiger partial charge in [-0.15, -0.1) is 0 Å². The Kier molecular flexibility index (Phi) is 8.09.